The summed E-state index contributed by atoms with van der Waals surface area (Å²) in [5.41, 5.74) is 0. The number of nitrogens with one attached hydrogen (secondary N) is 3. The first-order chi connectivity index (χ1) is 11.2. The number of amides is 3. The Morgan fingerprint density at radius 3 is 2.61 bits per heavy atom. The van der Waals surface area contributed by atoms with Gasteiger partial charge in [-0.25, -0.2) is 4.79 Å². The fourth-order valence-electron chi connectivity index (χ4n) is 3.88. The van der Waals surface area contributed by atoms with E-state index in [4.69, 9.17) is 4.74 Å². The molecule has 2 aliphatic carbocycles. The van der Waals surface area contributed by atoms with E-state index in [9.17, 15) is 9.59 Å². The van der Waals surface area contributed by atoms with Gasteiger partial charge in [0.1, 0.15) is 0 Å². The summed E-state index contributed by atoms with van der Waals surface area (Å²) in [6.07, 6.45) is 10.2. The number of carbonyl (C=O) groups excluding carboxylic acids is 2. The second-order valence-corrected chi connectivity index (χ2v) is 6.85. The van der Waals surface area contributed by atoms with Crippen LogP contribution >= 0.6 is 0 Å². The van der Waals surface area contributed by atoms with Gasteiger partial charge in [-0.1, -0.05) is 6.42 Å². The van der Waals surface area contributed by atoms with Crippen LogP contribution in [0.15, 0.2) is 11.8 Å². The van der Waals surface area contributed by atoms with Crippen molar-refractivity contribution in [3.8, 4) is 0 Å². The molecule has 3 rings (SSSR count). The van der Waals surface area contributed by atoms with Crippen LogP contribution in [-0.2, 0) is 9.53 Å². The van der Waals surface area contributed by atoms with Crippen molar-refractivity contribution in [3.63, 3.8) is 0 Å². The highest BCUT2D eigenvalue weighted by Gasteiger charge is 2.37. The molecule has 3 unspecified atom stereocenters. The summed E-state index contributed by atoms with van der Waals surface area (Å²) in [6, 6.07) is 0.320. The Bertz CT molecular complexity index is 485. The number of fused-ring (bicyclic) bond motifs is 1. The molecule has 6 heteroatoms. The quantitative estimate of drug-likeness (QED) is 0.547. The van der Waals surface area contributed by atoms with Crippen molar-refractivity contribution in [2.24, 2.45) is 0 Å². The van der Waals surface area contributed by atoms with E-state index < -0.39 is 0 Å². The molecule has 0 bridgehead atoms. The van der Waals surface area contributed by atoms with Crippen LogP contribution in [0.1, 0.15) is 58.3 Å². The van der Waals surface area contributed by atoms with Gasteiger partial charge in [0.15, 0.2) is 5.76 Å². The molecule has 0 aromatic rings. The molecule has 1 heterocycles. The first-order valence-corrected chi connectivity index (χ1v) is 8.86. The molecule has 3 aliphatic rings. The van der Waals surface area contributed by atoms with Gasteiger partial charge in [-0.3, -0.25) is 4.79 Å². The van der Waals surface area contributed by atoms with Crippen molar-refractivity contribution < 1.29 is 14.3 Å². The molecule has 23 heavy (non-hydrogen) atoms. The number of hydrogen-bond donors (Lipinski definition) is 3. The van der Waals surface area contributed by atoms with Crippen molar-refractivity contribution in [2.75, 3.05) is 0 Å². The van der Waals surface area contributed by atoms with Crippen LogP contribution in [0, 0.1) is 0 Å². The lowest BCUT2D eigenvalue weighted by Gasteiger charge is -2.31. The predicted octanol–water partition coefficient (Wildman–Crippen LogP) is 1.96. The van der Waals surface area contributed by atoms with E-state index >= 15 is 0 Å². The molecule has 0 aromatic carbocycles. The maximum atomic E-state index is 12.5. The third-order valence-electron chi connectivity index (χ3n) is 5.15. The van der Waals surface area contributed by atoms with Crippen LogP contribution in [0.5, 0.6) is 0 Å². The minimum absolute atomic E-state index is 0.0915. The topological polar surface area (TPSA) is 79.5 Å². The van der Waals surface area contributed by atoms with Gasteiger partial charge in [0.05, 0.1) is 18.2 Å². The summed E-state index contributed by atoms with van der Waals surface area (Å²) in [5.74, 6) is 0.311. The Hall–Kier alpha value is -1.72. The molecule has 3 fully saturated rings. The maximum absolute atomic E-state index is 12.5. The minimum atomic E-state index is -0.126. The average molecular weight is 321 g/mol. The Morgan fingerprint density at radius 2 is 1.87 bits per heavy atom. The molecule has 3 N–H and O–H groups in total. The minimum Gasteiger partial charge on any atom is -0.485 e. The van der Waals surface area contributed by atoms with Crippen LogP contribution in [0.25, 0.3) is 0 Å². The summed E-state index contributed by atoms with van der Waals surface area (Å²) < 4.78 is 5.91. The Morgan fingerprint density at radius 1 is 1.13 bits per heavy atom. The summed E-state index contributed by atoms with van der Waals surface area (Å²) in [6.45, 7) is 1.84. The molecule has 0 radical (unpaired) electrons. The largest absolute Gasteiger partial charge is 0.485 e. The highest BCUT2D eigenvalue weighted by atomic mass is 16.5. The van der Waals surface area contributed by atoms with Gasteiger partial charge in [0.25, 0.3) is 5.91 Å². The number of carbonyl (C=O) groups is 2. The van der Waals surface area contributed by atoms with Crippen LogP contribution in [0.2, 0.25) is 0 Å². The van der Waals surface area contributed by atoms with Gasteiger partial charge in [-0.2, -0.15) is 0 Å². The van der Waals surface area contributed by atoms with E-state index in [0.717, 1.165) is 32.1 Å². The van der Waals surface area contributed by atoms with Gasteiger partial charge in [0.2, 0.25) is 0 Å². The number of rotatable bonds is 4. The lowest BCUT2D eigenvalue weighted by atomic mass is 9.88. The van der Waals surface area contributed by atoms with Crippen LogP contribution in [-0.4, -0.2) is 36.2 Å². The number of ether oxygens (including phenoxy) is 1. The highest BCUT2D eigenvalue weighted by molar-refractivity contribution is 5.91. The smallest absolute Gasteiger partial charge is 0.315 e. The molecule has 3 amide bonds. The van der Waals surface area contributed by atoms with Crippen LogP contribution in [0.3, 0.4) is 0 Å². The second-order valence-electron chi connectivity index (χ2n) is 6.85. The lowest BCUT2D eigenvalue weighted by Crippen LogP contribution is -2.48. The molecule has 0 aromatic heterocycles. The van der Waals surface area contributed by atoms with E-state index in [-0.39, 0.29) is 36.2 Å². The Balaban J connectivity index is 1.50. The zero-order valence-corrected chi connectivity index (χ0v) is 13.8. The third kappa shape index (κ3) is 3.98. The summed E-state index contributed by atoms with van der Waals surface area (Å²) >= 11 is 0. The highest BCUT2D eigenvalue weighted by Crippen LogP contribution is 2.24. The fraction of sp³-hybridized carbons (Fsp3) is 0.765. The standard InChI is InChI=1S/C17H27N3O3/c1-2-15(23-12-6-4-3-5-7-12)16(21)18-11-8-9-13-14(10-11)20-17(22)19-13/h2,11-14H,3-10H2,1H3,(H,18,21)(H2,19,20,22)/b15-2+. The van der Waals surface area contributed by atoms with Gasteiger partial charge < -0.3 is 20.7 Å². The van der Waals surface area contributed by atoms with E-state index in [1.54, 1.807) is 6.08 Å². The van der Waals surface area contributed by atoms with Gasteiger partial charge in [-0.15, -0.1) is 0 Å². The zero-order valence-electron chi connectivity index (χ0n) is 13.8. The fourth-order valence-corrected chi connectivity index (χ4v) is 3.88. The lowest BCUT2D eigenvalue weighted by molar-refractivity contribution is -0.123. The summed E-state index contributed by atoms with van der Waals surface area (Å²) in [4.78, 5) is 23.8. The SMILES string of the molecule is C/C=C(/OC1CCCCC1)C(=O)NC1CCC2NC(=O)NC2C1. The predicted molar refractivity (Wildman–Crippen MR) is 86.7 cm³/mol. The number of allylic oxidation sites excluding steroid dienone is 1. The monoisotopic (exact) mass is 321 g/mol. The van der Waals surface area contributed by atoms with E-state index in [2.05, 4.69) is 16.0 Å². The first kappa shape index (κ1) is 16.1. The number of urea groups is 1. The normalized spacial score (nSPS) is 31.8. The molecule has 0 spiro atoms. The molecule has 128 valence electrons. The van der Waals surface area contributed by atoms with E-state index in [1.165, 1.54) is 19.3 Å². The van der Waals surface area contributed by atoms with Crippen LogP contribution < -0.4 is 16.0 Å². The van der Waals surface area contributed by atoms with Crippen molar-refractivity contribution in [1.29, 1.82) is 0 Å². The molecule has 1 saturated heterocycles. The van der Waals surface area contributed by atoms with Crippen LogP contribution in [0.4, 0.5) is 4.79 Å². The van der Waals surface area contributed by atoms with E-state index in [0.29, 0.717) is 5.76 Å². The molecule has 3 atom stereocenters. The molecular weight excluding hydrogens is 294 g/mol. The van der Waals surface area contributed by atoms with Crippen molar-refractivity contribution in [1.82, 2.24) is 16.0 Å². The van der Waals surface area contributed by atoms with Crippen molar-refractivity contribution in [3.05, 3.63) is 11.8 Å². The van der Waals surface area contributed by atoms with E-state index in [1.807, 2.05) is 6.92 Å². The van der Waals surface area contributed by atoms with Crippen molar-refractivity contribution in [2.45, 2.75) is 82.5 Å². The summed E-state index contributed by atoms with van der Waals surface area (Å²) in [5, 5.41) is 8.92. The Kier molecular flexibility index (Phi) is 5.08. The molecular formula is C17H27N3O3. The first-order valence-electron chi connectivity index (χ1n) is 8.86. The average Bonchev–Trinajstić information content (AvgIpc) is 2.92. The second kappa shape index (κ2) is 7.23. The van der Waals surface area contributed by atoms with Gasteiger partial charge in [0, 0.05) is 6.04 Å². The number of hydrogen-bond acceptors (Lipinski definition) is 3. The summed E-state index contributed by atoms with van der Waals surface area (Å²) in [7, 11) is 0. The maximum Gasteiger partial charge on any atom is 0.315 e. The van der Waals surface area contributed by atoms with Gasteiger partial charge >= 0.3 is 6.03 Å². The molecule has 2 saturated carbocycles. The van der Waals surface area contributed by atoms with Gasteiger partial charge in [-0.05, 0) is 57.9 Å². The Labute approximate surface area is 137 Å². The third-order valence-corrected chi connectivity index (χ3v) is 5.15. The molecule has 6 nitrogen and oxygen atoms in total. The molecule has 1 aliphatic heterocycles. The zero-order chi connectivity index (χ0) is 16.2. The van der Waals surface area contributed by atoms with Crippen molar-refractivity contribution >= 4 is 11.9 Å².